The predicted molar refractivity (Wildman–Crippen MR) is 46.1 cm³/mol. The lowest BCUT2D eigenvalue weighted by atomic mass is 10.2. The van der Waals surface area contributed by atoms with Crippen LogP contribution in [0.2, 0.25) is 0 Å². The number of nitrogens with one attached hydrogen (secondary N) is 1. The van der Waals surface area contributed by atoms with Crippen LogP contribution in [0.15, 0.2) is 0 Å². The van der Waals surface area contributed by atoms with E-state index in [1.54, 1.807) is 4.90 Å². The van der Waals surface area contributed by atoms with Crippen LogP contribution in [0.1, 0.15) is 6.92 Å². The van der Waals surface area contributed by atoms with Crippen molar-refractivity contribution >= 4 is 11.9 Å². The van der Waals surface area contributed by atoms with Crippen molar-refractivity contribution in [2.75, 3.05) is 26.2 Å². The molecule has 0 bridgehead atoms. The van der Waals surface area contributed by atoms with E-state index in [9.17, 15) is 9.59 Å². The first-order valence-corrected chi connectivity index (χ1v) is 4.58. The van der Waals surface area contributed by atoms with Gasteiger partial charge in [0.05, 0.1) is 0 Å². The highest BCUT2D eigenvalue weighted by atomic mass is 16.2. The van der Waals surface area contributed by atoms with Crippen molar-refractivity contribution in [1.29, 1.82) is 0 Å². The number of urea groups is 1. The van der Waals surface area contributed by atoms with E-state index >= 15 is 0 Å². The molecule has 0 aromatic rings. The summed E-state index contributed by atoms with van der Waals surface area (Å²) in [5.74, 6) is -0.0558. The van der Waals surface area contributed by atoms with Crippen LogP contribution in [-0.4, -0.2) is 54.0 Å². The number of carbonyl (C=O) groups is 2. The Labute approximate surface area is 76.7 Å². The summed E-state index contributed by atoms with van der Waals surface area (Å²) in [5.41, 5.74) is 0. The molecule has 2 aliphatic heterocycles. The van der Waals surface area contributed by atoms with Crippen molar-refractivity contribution in [3.63, 3.8) is 0 Å². The summed E-state index contributed by atoms with van der Waals surface area (Å²) in [6, 6.07) is -0.375. The maximum atomic E-state index is 11.6. The standard InChI is InChI=1S/C8H13N3O2/c1-2-10-7(12)6-5-9-3-4-11(6)8(10)13/h6,9H,2-5H2,1H3. The summed E-state index contributed by atoms with van der Waals surface area (Å²) >= 11 is 0. The maximum absolute atomic E-state index is 11.6. The van der Waals surface area contributed by atoms with E-state index in [1.807, 2.05) is 6.92 Å². The number of amides is 3. The number of nitrogens with zero attached hydrogens (tertiary/aromatic N) is 2. The minimum absolute atomic E-state index is 0.0558. The second-order valence-electron chi connectivity index (χ2n) is 3.28. The van der Waals surface area contributed by atoms with E-state index in [-0.39, 0.29) is 18.0 Å². The van der Waals surface area contributed by atoms with Crippen molar-refractivity contribution < 1.29 is 9.59 Å². The molecule has 2 saturated heterocycles. The van der Waals surface area contributed by atoms with Gasteiger partial charge < -0.3 is 10.2 Å². The van der Waals surface area contributed by atoms with Crippen LogP contribution in [0.25, 0.3) is 0 Å². The van der Waals surface area contributed by atoms with Gasteiger partial charge in [0.2, 0.25) is 0 Å². The Balaban J connectivity index is 2.22. The zero-order valence-electron chi connectivity index (χ0n) is 7.62. The zero-order chi connectivity index (χ0) is 9.42. The average Bonchev–Trinajstić information content (AvgIpc) is 2.41. The van der Waals surface area contributed by atoms with Crippen molar-refractivity contribution in [3.8, 4) is 0 Å². The molecule has 5 nitrogen and oxygen atoms in total. The van der Waals surface area contributed by atoms with Gasteiger partial charge in [-0.25, -0.2) is 4.79 Å². The second-order valence-corrected chi connectivity index (χ2v) is 3.28. The largest absolute Gasteiger partial charge is 0.327 e. The van der Waals surface area contributed by atoms with Crippen LogP contribution in [0.3, 0.4) is 0 Å². The van der Waals surface area contributed by atoms with Crippen LogP contribution >= 0.6 is 0 Å². The highest BCUT2D eigenvalue weighted by Gasteiger charge is 2.44. The van der Waals surface area contributed by atoms with Gasteiger partial charge in [0.1, 0.15) is 6.04 Å². The van der Waals surface area contributed by atoms with E-state index in [0.717, 1.165) is 6.54 Å². The first kappa shape index (κ1) is 8.50. The molecule has 2 fully saturated rings. The lowest BCUT2D eigenvalue weighted by Crippen LogP contribution is -2.51. The van der Waals surface area contributed by atoms with E-state index < -0.39 is 0 Å². The Morgan fingerprint density at radius 2 is 2.31 bits per heavy atom. The lowest BCUT2D eigenvalue weighted by Gasteiger charge is -2.26. The summed E-state index contributed by atoms with van der Waals surface area (Å²) in [7, 11) is 0. The Morgan fingerprint density at radius 3 is 2.92 bits per heavy atom. The van der Waals surface area contributed by atoms with E-state index in [2.05, 4.69) is 5.32 Å². The summed E-state index contributed by atoms with van der Waals surface area (Å²) in [5, 5.41) is 3.11. The molecule has 1 N–H and O–H groups in total. The molecule has 2 heterocycles. The number of rotatable bonds is 1. The van der Waals surface area contributed by atoms with Crippen molar-refractivity contribution in [3.05, 3.63) is 0 Å². The van der Waals surface area contributed by atoms with Gasteiger partial charge >= 0.3 is 6.03 Å². The summed E-state index contributed by atoms with van der Waals surface area (Å²) in [4.78, 5) is 26.2. The molecule has 0 aliphatic carbocycles. The van der Waals surface area contributed by atoms with Gasteiger partial charge in [-0.1, -0.05) is 0 Å². The molecule has 5 heteroatoms. The fraction of sp³-hybridized carbons (Fsp3) is 0.750. The minimum Gasteiger partial charge on any atom is -0.312 e. The third kappa shape index (κ3) is 1.11. The maximum Gasteiger partial charge on any atom is 0.327 e. The van der Waals surface area contributed by atoms with E-state index in [0.29, 0.717) is 19.6 Å². The Kier molecular flexibility index (Phi) is 1.95. The Bertz CT molecular complexity index is 230. The first-order valence-electron chi connectivity index (χ1n) is 4.58. The molecular formula is C8H13N3O2. The van der Waals surface area contributed by atoms with Crippen LogP contribution in [-0.2, 0) is 4.79 Å². The smallest absolute Gasteiger partial charge is 0.312 e. The van der Waals surface area contributed by atoms with Gasteiger partial charge in [-0.05, 0) is 6.92 Å². The number of hydrogen-bond donors (Lipinski definition) is 1. The molecule has 0 saturated carbocycles. The molecule has 2 aliphatic rings. The second kappa shape index (κ2) is 2.99. The number of hydrogen-bond acceptors (Lipinski definition) is 3. The van der Waals surface area contributed by atoms with Crippen molar-refractivity contribution in [2.45, 2.75) is 13.0 Å². The number of likely N-dealkylation sites (N-methyl/N-ethyl adjacent to an activating group) is 1. The molecule has 72 valence electrons. The van der Waals surface area contributed by atoms with Crippen molar-refractivity contribution in [2.24, 2.45) is 0 Å². The van der Waals surface area contributed by atoms with Gasteiger partial charge in [-0.3, -0.25) is 9.69 Å². The number of fused-ring (bicyclic) bond motifs is 1. The predicted octanol–water partition coefficient (Wildman–Crippen LogP) is -0.758. The molecule has 0 radical (unpaired) electrons. The molecule has 0 aromatic heterocycles. The molecule has 13 heavy (non-hydrogen) atoms. The SMILES string of the molecule is CCN1C(=O)C2CNCCN2C1=O. The van der Waals surface area contributed by atoms with Gasteiger partial charge in [-0.15, -0.1) is 0 Å². The number of carbonyl (C=O) groups excluding carboxylic acids is 2. The van der Waals surface area contributed by atoms with Crippen LogP contribution in [0.4, 0.5) is 4.79 Å². The van der Waals surface area contributed by atoms with Gasteiger partial charge in [0.15, 0.2) is 0 Å². The quantitative estimate of drug-likeness (QED) is 0.544. The highest BCUT2D eigenvalue weighted by Crippen LogP contribution is 2.18. The molecule has 1 atom stereocenters. The molecule has 0 spiro atoms. The Morgan fingerprint density at radius 1 is 1.54 bits per heavy atom. The van der Waals surface area contributed by atoms with Gasteiger partial charge in [0, 0.05) is 26.2 Å². The Hall–Kier alpha value is -1.10. The minimum atomic E-state index is -0.249. The molecule has 0 aromatic carbocycles. The normalized spacial score (nSPS) is 28.2. The molecular weight excluding hydrogens is 170 g/mol. The third-order valence-electron chi connectivity index (χ3n) is 2.59. The number of piperazine rings is 1. The molecule has 1 unspecified atom stereocenters. The van der Waals surface area contributed by atoms with Gasteiger partial charge in [0.25, 0.3) is 5.91 Å². The van der Waals surface area contributed by atoms with E-state index in [1.165, 1.54) is 4.90 Å². The topological polar surface area (TPSA) is 52.7 Å². The van der Waals surface area contributed by atoms with E-state index in [4.69, 9.17) is 0 Å². The van der Waals surface area contributed by atoms with Crippen molar-refractivity contribution in [1.82, 2.24) is 15.1 Å². The van der Waals surface area contributed by atoms with Crippen LogP contribution in [0.5, 0.6) is 0 Å². The van der Waals surface area contributed by atoms with Crippen LogP contribution in [0, 0.1) is 0 Å². The number of imide groups is 1. The fourth-order valence-electron chi connectivity index (χ4n) is 1.87. The molecule has 2 rings (SSSR count). The average molecular weight is 183 g/mol. The summed E-state index contributed by atoms with van der Waals surface area (Å²) in [6.07, 6.45) is 0. The zero-order valence-corrected chi connectivity index (χ0v) is 7.62. The van der Waals surface area contributed by atoms with Crippen LogP contribution < -0.4 is 5.32 Å². The monoisotopic (exact) mass is 183 g/mol. The fourth-order valence-corrected chi connectivity index (χ4v) is 1.87. The first-order chi connectivity index (χ1) is 6.25. The highest BCUT2D eigenvalue weighted by molar-refractivity contribution is 6.04. The summed E-state index contributed by atoms with van der Waals surface area (Å²) < 4.78 is 0. The summed E-state index contributed by atoms with van der Waals surface area (Å²) in [6.45, 7) is 4.33. The lowest BCUT2D eigenvalue weighted by molar-refractivity contribution is -0.128. The third-order valence-corrected chi connectivity index (χ3v) is 2.59. The molecule has 3 amide bonds. The van der Waals surface area contributed by atoms with Gasteiger partial charge in [-0.2, -0.15) is 0 Å².